The molecule has 0 bridgehead atoms. The van der Waals surface area contributed by atoms with Crippen LogP contribution in [0.4, 0.5) is 0 Å². The van der Waals surface area contributed by atoms with E-state index in [0.29, 0.717) is 29.0 Å². The Morgan fingerprint density at radius 3 is 2.21 bits per heavy atom. The van der Waals surface area contributed by atoms with Crippen molar-refractivity contribution in [1.29, 1.82) is 0 Å². The molecule has 0 radical (unpaired) electrons. The van der Waals surface area contributed by atoms with E-state index in [4.69, 9.17) is 9.47 Å². The molecule has 0 atom stereocenters. The molecule has 0 fully saturated rings. The largest absolute Gasteiger partial charge is 0.497 e. The molecule has 0 aliphatic heterocycles. The smallest absolute Gasteiger partial charge is 0.336 e. The molecule has 5 rings (SSSR count). The van der Waals surface area contributed by atoms with Gasteiger partial charge in [-0.25, -0.2) is 9.36 Å². The number of fused-ring (bicyclic) bond motifs is 3. The fourth-order valence-electron chi connectivity index (χ4n) is 4.51. The first kappa shape index (κ1) is 21.6. The van der Waals surface area contributed by atoms with E-state index >= 15 is 0 Å². The van der Waals surface area contributed by atoms with Crippen molar-refractivity contribution >= 4 is 21.9 Å². The molecule has 0 aliphatic rings. The van der Waals surface area contributed by atoms with Crippen molar-refractivity contribution in [3.05, 3.63) is 98.7 Å². The van der Waals surface area contributed by atoms with E-state index in [2.05, 4.69) is 0 Å². The summed E-state index contributed by atoms with van der Waals surface area (Å²) in [5, 5.41) is 0.788. The highest BCUT2D eigenvalue weighted by Gasteiger charge is 2.22. The number of methoxy groups -OCH3 is 2. The van der Waals surface area contributed by atoms with Crippen molar-refractivity contribution in [1.82, 2.24) is 13.7 Å². The zero-order chi connectivity index (χ0) is 24.0. The van der Waals surface area contributed by atoms with Crippen LogP contribution in [-0.2, 0) is 13.6 Å². The van der Waals surface area contributed by atoms with E-state index in [1.807, 2.05) is 79.2 Å². The van der Waals surface area contributed by atoms with E-state index in [1.165, 1.54) is 4.57 Å². The second-order valence-corrected chi connectivity index (χ2v) is 8.34. The zero-order valence-electron chi connectivity index (χ0n) is 19.5. The maximum absolute atomic E-state index is 13.9. The van der Waals surface area contributed by atoms with Crippen molar-refractivity contribution in [3.63, 3.8) is 0 Å². The summed E-state index contributed by atoms with van der Waals surface area (Å²) in [4.78, 5) is 27.7. The van der Waals surface area contributed by atoms with Crippen LogP contribution in [0.15, 0.2) is 76.3 Å². The molecule has 0 aliphatic carbocycles. The lowest BCUT2D eigenvalue weighted by Crippen LogP contribution is -2.39. The van der Waals surface area contributed by atoms with E-state index in [1.54, 1.807) is 24.9 Å². The minimum atomic E-state index is -0.394. The number of hydrogen-bond acceptors (Lipinski definition) is 4. The molecule has 0 spiro atoms. The van der Waals surface area contributed by atoms with Crippen molar-refractivity contribution < 1.29 is 9.47 Å². The van der Waals surface area contributed by atoms with Crippen molar-refractivity contribution in [2.24, 2.45) is 7.05 Å². The fraction of sp³-hybridized carbons (Fsp3) is 0.185. The molecule has 0 unspecified atom stereocenters. The van der Waals surface area contributed by atoms with Crippen LogP contribution in [0.5, 0.6) is 11.5 Å². The van der Waals surface area contributed by atoms with Crippen LogP contribution in [0.25, 0.3) is 27.6 Å². The van der Waals surface area contributed by atoms with Crippen LogP contribution >= 0.6 is 0 Å². The molecule has 7 nitrogen and oxygen atoms in total. The number of rotatable bonds is 5. The Kier molecular flexibility index (Phi) is 5.24. The first-order valence-corrected chi connectivity index (χ1v) is 10.9. The molecule has 34 heavy (non-hydrogen) atoms. The lowest BCUT2D eigenvalue weighted by Gasteiger charge is -2.14. The Balaban J connectivity index is 1.90. The van der Waals surface area contributed by atoms with E-state index in [-0.39, 0.29) is 5.56 Å². The summed E-state index contributed by atoms with van der Waals surface area (Å²) >= 11 is 0. The normalized spacial score (nSPS) is 11.3. The molecule has 0 saturated carbocycles. The van der Waals surface area contributed by atoms with Gasteiger partial charge in [-0.2, -0.15) is 0 Å². The van der Waals surface area contributed by atoms with Crippen LogP contribution in [0, 0.1) is 6.92 Å². The minimum absolute atomic E-state index is 0.293. The fourth-order valence-corrected chi connectivity index (χ4v) is 4.51. The molecule has 2 aromatic heterocycles. The SMILES string of the molecule is COc1ccc(Cn2c(=O)n(-c3cccc(C)c3)c(=O)c3c2c2cc(OC)ccc2n3C)cc1. The summed E-state index contributed by atoms with van der Waals surface area (Å²) in [6, 6.07) is 20.6. The highest BCUT2D eigenvalue weighted by molar-refractivity contribution is 6.06. The molecule has 0 saturated heterocycles. The third kappa shape index (κ3) is 3.37. The maximum atomic E-state index is 13.9. The number of nitrogens with zero attached hydrogens (tertiary/aromatic N) is 3. The van der Waals surface area contributed by atoms with Gasteiger partial charge in [0, 0.05) is 12.4 Å². The second kappa shape index (κ2) is 8.26. The van der Waals surface area contributed by atoms with Crippen LogP contribution in [0.1, 0.15) is 11.1 Å². The number of hydrogen-bond donors (Lipinski definition) is 0. The number of aromatic nitrogens is 3. The molecule has 7 heteroatoms. The Morgan fingerprint density at radius 1 is 0.824 bits per heavy atom. The first-order valence-electron chi connectivity index (χ1n) is 10.9. The van der Waals surface area contributed by atoms with Gasteiger partial charge in [0.05, 0.1) is 37.5 Å². The summed E-state index contributed by atoms with van der Waals surface area (Å²) in [5.74, 6) is 1.40. The predicted octanol–water partition coefficient (Wildman–Crippen LogP) is 4.02. The van der Waals surface area contributed by atoms with Gasteiger partial charge < -0.3 is 14.0 Å². The van der Waals surface area contributed by atoms with Crippen LogP contribution in [0.2, 0.25) is 0 Å². The summed E-state index contributed by atoms with van der Waals surface area (Å²) in [5.41, 5.74) is 3.57. The molecule has 0 N–H and O–H groups in total. The Morgan fingerprint density at radius 2 is 1.53 bits per heavy atom. The topological polar surface area (TPSA) is 67.4 Å². The average Bonchev–Trinajstić information content (AvgIpc) is 3.14. The highest BCUT2D eigenvalue weighted by Crippen LogP contribution is 2.29. The lowest BCUT2D eigenvalue weighted by molar-refractivity contribution is 0.414. The molecular formula is C27H25N3O4. The summed E-state index contributed by atoms with van der Waals surface area (Å²) < 4.78 is 15.5. The molecule has 5 aromatic rings. The maximum Gasteiger partial charge on any atom is 0.336 e. The summed E-state index contributed by atoms with van der Waals surface area (Å²) in [6.45, 7) is 2.23. The van der Waals surface area contributed by atoms with Crippen LogP contribution in [0.3, 0.4) is 0 Å². The standard InChI is InChI=1S/C27H25N3O4/c1-17-6-5-7-19(14-17)30-26(31)25-24(22-15-21(34-4)12-13-23(22)28(25)2)29(27(30)32)16-18-8-10-20(33-3)11-9-18/h5-15H,16H2,1-4H3. The van der Waals surface area contributed by atoms with Gasteiger partial charge in [0.15, 0.2) is 0 Å². The minimum Gasteiger partial charge on any atom is -0.497 e. The van der Waals surface area contributed by atoms with E-state index < -0.39 is 5.69 Å². The lowest BCUT2D eigenvalue weighted by atomic mass is 10.2. The molecule has 172 valence electrons. The molecule has 2 heterocycles. The van der Waals surface area contributed by atoms with Crippen LogP contribution in [-0.4, -0.2) is 27.9 Å². The van der Waals surface area contributed by atoms with Crippen molar-refractivity contribution in [3.8, 4) is 17.2 Å². The average molecular weight is 456 g/mol. The predicted molar refractivity (Wildman–Crippen MR) is 134 cm³/mol. The van der Waals surface area contributed by atoms with E-state index in [9.17, 15) is 9.59 Å². The van der Waals surface area contributed by atoms with Gasteiger partial charge in [0.1, 0.15) is 17.0 Å². The molecule has 3 aromatic carbocycles. The Hall–Kier alpha value is -4.26. The third-order valence-electron chi connectivity index (χ3n) is 6.24. The number of aryl methyl sites for hydroxylation is 2. The van der Waals surface area contributed by atoms with Crippen LogP contribution < -0.4 is 20.7 Å². The Labute approximate surface area is 196 Å². The molecular weight excluding hydrogens is 430 g/mol. The van der Waals surface area contributed by atoms with Gasteiger partial charge in [-0.1, -0.05) is 24.3 Å². The van der Waals surface area contributed by atoms with E-state index in [0.717, 1.165) is 27.8 Å². The third-order valence-corrected chi connectivity index (χ3v) is 6.24. The monoisotopic (exact) mass is 455 g/mol. The van der Waals surface area contributed by atoms with Gasteiger partial charge in [-0.05, 0) is 60.5 Å². The van der Waals surface area contributed by atoms with Gasteiger partial charge in [-0.15, -0.1) is 0 Å². The summed E-state index contributed by atoms with van der Waals surface area (Å²) in [6.07, 6.45) is 0. The Bertz CT molecular complexity index is 1660. The zero-order valence-corrected chi connectivity index (χ0v) is 19.5. The summed E-state index contributed by atoms with van der Waals surface area (Å²) in [7, 11) is 5.06. The first-order chi connectivity index (χ1) is 16.4. The van der Waals surface area contributed by atoms with Gasteiger partial charge in [0.25, 0.3) is 5.56 Å². The van der Waals surface area contributed by atoms with Crippen molar-refractivity contribution in [2.75, 3.05) is 14.2 Å². The van der Waals surface area contributed by atoms with Gasteiger partial charge >= 0.3 is 5.69 Å². The quantitative estimate of drug-likeness (QED) is 0.402. The van der Waals surface area contributed by atoms with Gasteiger partial charge in [0.2, 0.25) is 0 Å². The van der Waals surface area contributed by atoms with Crippen molar-refractivity contribution in [2.45, 2.75) is 13.5 Å². The number of benzene rings is 3. The highest BCUT2D eigenvalue weighted by atomic mass is 16.5. The number of ether oxygens (including phenoxy) is 2. The molecule has 0 amide bonds. The van der Waals surface area contributed by atoms with Gasteiger partial charge in [-0.3, -0.25) is 9.36 Å². The second-order valence-electron chi connectivity index (χ2n) is 8.34.